The molecule has 0 aromatic heterocycles. The molecular formula is C12H14ClNO3S. The lowest BCUT2D eigenvalue weighted by Gasteiger charge is -2.03. The SMILES string of the molecule is CC(C)OCSC=Nc1ccc(Cl)c(C(=O)O)c1. The first-order valence-electron chi connectivity index (χ1n) is 5.29. The highest BCUT2D eigenvalue weighted by molar-refractivity contribution is 8.11. The Labute approximate surface area is 115 Å². The number of aromatic carboxylic acids is 1. The number of rotatable bonds is 6. The molecule has 0 aliphatic heterocycles. The maximum absolute atomic E-state index is 10.9. The lowest BCUT2D eigenvalue weighted by molar-refractivity contribution is 0.0697. The first kappa shape index (κ1) is 15.0. The van der Waals surface area contributed by atoms with Crippen molar-refractivity contribution in [1.29, 1.82) is 0 Å². The van der Waals surface area contributed by atoms with Gasteiger partial charge in [0.2, 0.25) is 0 Å². The van der Waals surface area contributed by atoms with E-state index in [1.165, 1.54) is 23.9 Å². The first-order chi connectivity index (χ1) is 8.50. The molecule has 1 aromatic rings. The fraction of sp³-hybridized carbons (Fsp3) is 0.333. The van der Waals surface area contributed by atoms with Crippen LogP contribution in [-0.2, 0) is 4.74 Å². The van der Waals surface area contributed by atoms with Gasteiger partial charge in [-0.2, -0.15) is 0 Å². The largest absolute Gasteiger partial charge is 0.478 e. The minimum Gasteiger partial charge on any atom is -0.478 e. The van der Waals surface area contributed by atoms with Crippen LogP contribution >= 0.6 is 23.4 Å². The molecule has 1 aromatic carbocycles. The summed E-state index contributed by atoms with van der Waals surface area (Å²) >= 11 is 7.15. The average molecular weight is 288 g/mol. The van der Waals surface area contributed by atoms with Crippen LogP contribution in [0.5, 0.6) is 0 Å². The lowest BCUT2D eigenvalue weighted by Crippen LogP contribution is -2.00. The highest BCUT2D eigenvalue weighted by atomic mass is 35.5. The summed E-state index contributed by atoms with van der Waals surface area (Å²) in [7, 11) is 0. The second-order valence-electron chi connectivity index (χ2n) is 3.70. The molecule has 0 spiro atoms. The predicted molar refractivity (Wildman–Crippen MR) is 75.2 cm³/mol. The van der Waals surface area contributed by atoms with Gasteiger partial charge in [0, 0.05) is 0 Å². The van der Waals surface area contributed by atoms with E-state index in [1.807, 2.05) is 13.8 Å². The Morgan fingerprint density at radius 2 is 2.33 bits per heavy atom. The number of aliphatic imine (C=N–C) groups is 1. The number of ether oxygens (including phenoxy) is 1. The van der Waals surface area contributed by atoms with Crippen molar-refractivity contribution in [2.24, 2.45) is 4.99 Å². The maximum atomic E-state index is 10.9. The number of carboxylic acids is 1. The fourth-order valence-electron chi connectivity index (χ4n) is 1.06. The molecule has 0 saturated heterocycles. The van der Waals surface area contributed by atoms with Crippen molar-refractivity contribution in [2.45, 2.75) is 20.0 Å². The van der Waals surface area contributed by atoms with E-state index >= 15 is 0 Å². The Morgan fingerprint density at radius 1 is 1.61 bits per heavy atom. The molecule has 0 bridgehead atoms. The van der Waals surface area contributed by atoms with E-state index in [0.29, 0.717) is 11.6 Å². The molecule has 0 saturated carbocycles. The Balaban J connectivity index is 2.59. The van der Waals surface area contributed by atoms with Gasteiger partial charge in [0.05, 0.1) is 33.9 Å². The van der Waals surface area contributed by atoms with Crippen molar-refractivity contribution in [3.63, 3.8) is 0 Å². The summed E-state index contributed by atoms with van der Waals surface area (Å²) in [6, 6.07) is 4.62. The van der Waals surface area contributed by atoms with Gasteiger partial charge in [0.25, 0.3) is 0 Å². The summed E-state index contributed by atoms with van der Waals surface area (Å²) in [6.07, 6.45) is 0.181. The number of thioether (sulfide) groups is 1. The van der Waals surface area contributed by atoms with Crippen molar-refractivity contribution < 1.29 is 14.6 Å². The lowest BCUT2D eigenvalue weighted by atomic mass is 10.2. The van der Waals surface area contributed by atoms with Crippen LogP contribution in [0, 0.1) is 0 Å². The Hall–Kier alpha value is -1.04. The van der Waals surface area contributed by atoms with E-state index in [1.54, 1.807) is 11.6 Å². The molecule has 0 aliphatic carbocycles. The number of carbonyl (C=O) groups is 1. The molecule has 0 atom stereocenters. The van der Waals surface area contributed by atoms with Crippen molar-refractivity contribution in [3.05, 3.63) is 28.8 Å². The molecule has 18 heavy (non-hydrogen) atoms. The van der Waals surface area contributed by atoms with E-state index in [-0.39, 0.29) is 16.7 Å². The van der Waals surface area contributed by atoms with Crippen molar-refractivity contribution in [3.8, 4) is 0 Å². The van der Waals surface area contributed by atoms with Crippen LogP contribution < -0.4 is 0 Å². The zero-order valence-corrected chi connectivity index (χ0v) is 11.7. The quantitative estimate of drug-likeness (QED) is 0.374. The molecule has 0 aliphatic rings. The summed E-state index contributed by atoms with van der Waals surface area (Å²) in [5, 5.41) is 9.11. The molecule has 0 amide bonds. The monoisotopic (exact) mass is 287 g/mol. The normalized spacial score (nSPS) is 11.3. The molecule has 1 rings (SSSR count). The Kier molecular flexibility index (Phi) is 6.18. The number of nitrogens with zero attached hydrogens (tertiary/aromatic N) is 1. The molecular weight excluding hydrogens is 274 g/mol. The highest BCUT2D eigenvalue weighted by Crippen LogP contribution is 2.22. The van der Waals surface area contributed by atoms with Crippen molar-refractivity contribution >= 4 is 40.6 Å². The van der Waals surface area contributed by atoms with Crippen LogP contribution in [0.3, 0.4) is 0 Å². The molecule has 0 heterocycles. The third-order valence-electron chi connectivity index (χ3n) is 1.93. The summed E-state index contributed by atoms with van der Waals surface area (Å²) < 4.78 is 5.32. The summed E-state index contributed by atoms with van der Waals surface area (Å²) in [4.78, 5) is 15.0. The Bertz CT molecular complexity index is 449. The zero-order chi connectivity index (χ0) is 13.5. The van der Waals surface area contributed by atoms with E-state index in [2.05, 4.69) is 4.99 Å². The average Bonchev–Trinajstić information content (AvgIpc) is 2.30. The third kappa shape index (κ3) is 5.08. The van der Waals surface area contributed by atoms with Crippen LogP contribution in [0.1, 0.15) is 24.2 Å². The predicted octanol–water partition coefficient (Wildman–Crippen LogP) is 3.81. The topological polar surface area (TPSA) is 58.9 Å². The molecule has 4 nitrogen and oxygen atoms in total. The minimum absolute atomic E-state index is 0.0507. The first-order valence-corrected chi connectivity index (χ1v) is 6.72. The smallest absolute Gasteiger partial charge is 0.337 e. The molecule has 98 valence electrons. The van der Waals surface area contributed by atoms with Gasteiger partial charge in [-0.25, -0.2) is 9.79 Å². The van der Waals surface area contributed by atoms with Gasteiger partial charge < -0.3 is 9.84 Å². The van der Waals surface area contributed by atoms with Crippen molar-refractivity contribution in [2.75, 3.05) is 5.94 Å². The standard InChI is InChI=1S/C12H14ClNO3S/c1-8(2)17-7-18-6-14-9-3-4-11(13)10(5-9)12(15)16/h3-6,8H,7H2,1-2H3,(H,15,16). The van der Waals surface area contributed by atoms with E-state index < -0.39 is 5.97 Å². The van der Waals surface area contributed by atoms with Crippen molar-refractivity contribution in [1.82, 2.24) is 0 Å². The number of benzene rings is 1. The zero-order valence-electron chi connectivity index (χ0n) is 10.1. The number of carboxylic acid groups (broad SMARTS) is 1. The second-order valence-corrected chi connectivity index (χ2v) is 4.89. The molecule has 0 unspecified atom stereocenters. The van der Waals surface area contributed by atoms with Crippen LogP contribution in [0.2, 0.25) is 5.02 Å². The second kappa shape index (κ2) is 7.41. The third-order valence-corrected chi connectivity index (χ3v) is 2.78. The summed E-state index contributed by atoms with van der Waals surface area (Å²) in [5.41, 5.74) is 2.22. The number of hydrogen-bond acceptors (Lipinski definition) is 4. The minimum atomic E-state index is -1.06. The molecule has 1 N–H and O–H groups in total. The number of halogens is 1. The van der Waals surface area contributed by atoms with Gasteiger partial charge in [0.15, 0.2) is 0 Å². The van der Waals surface area contributed by atoms with Gasteiger partial charge in [-0.1, -0.05) is 23.4 Å². The highest BCUT2D eigenvalue weighted by Gasteiger charge is 2.08. The maximum Gasteiger partial charge on any atom is 0.337 e. The summed E-state index contributed by atoms with van der Waals surface area (Å²) in [5.74, 6) is -0.548. The van der Waals surface area contributed by atoms with Gasteiger partial charge >= 0.3 is 5.97 Å². The van der Waals surface area contributed by atoms with Crippen LogP contribution in [-0.4, -0.2) is 28.7 Å². The van der Waals surface area contributed by atoms with Crippen LogP contribution in [0.25, 0.3) is 0 Å². The van der Waals surface area contributed by atoms with Gasteiger partial charge in [-0.3, -0.25) is 0 Å². The fourth-order valence-corrected chi connectivity index (χ4v) is 1.87. The van der Waals surface area contributed by atoms with Crippen LogP contribution in [0.15, 0.2) is 23.2 Å². The van der Waals surface area contributed by atoms with Crippen LogP contribution in [0.4, 0.5) is 5.69 Å². The van der Waals surface area contributed by atoms with E-state index in [4.69, 9.17) is 21.4 Å². The summed E-state index contributed by atoms with van der Waals surface area (Å²) in [6.45, 7) is 3.91. The van der Waals surface area contributed by atoms with Gasteiger partial charge in [0.1, 0.15) is 0 Å². The number of hydrogen-bond donors (Lipinski definition) is 1. The molecule has 0 radical (unpaired) electrons. The van der Waals surface area contributed by atoms with E-state index in [0.717, 1.165) is 0 Å². The van der Waals surface area contributed by atoms with E-state index in [9.17, 15) is 4.79 Å². The molecule has 0 fully saturated rings. The Morgan fingerprint density at radius 3 is 2.94 bits per heavy atom. The van der Waals surface area contributed by atoms with Gasteiger partial charge in [-0.05, 0) is 32.0 Å². The van der Waals surface area contributed by atoms with Gasteiger partial charge in [-0.15, -0.1) is 0 Å². The molecule has 6 heteroatoms.